The molecule has 2 fully saturated rings. The smallest absolute Gasteiger partial charge is 0.226 e. The van der Waals surface area contributed by atoms with Crippen LogP contribution < -0.4 is 9.80 Å². The maximum Gasteiger partial charge on any atom is 0.226 e. The summed E-state index contributed by atoms with van der Waals surface area (Å²) in [7, 11) is -1.36. The largest absolute Gasteiger partial charge is 0.368 e. The van der Waals surface area contributed by atoms with Gasteiger partial charge in [-0.15, -0.1) is 0 Å². The Morgan fingerprint density at radius 1 is 1.28 bits per heavy atom. The molecule has 1 aromatic carbocycles. The Balaban J connectivity index is 1.59. The summed E-state index contributed by atoms with van der Waals surface area (Å²) in [4.78, 5) is 14.1. The highest BCUT2D eigenvalue weighted by atomic mass is 35.5. The lowest BCUT2D eigenvalue weighted by atomic mass is 9.99. The number of aromatic nitrogens is 2. The first-order valence-electron chi connectivity index (χ1n) is 10.0. The molecule has 0 spiro atoms. The van der Waals surface area contributed by atoms with Crippen molar-refractivity contribution in [2.24, 2.45) is 5.92 Å². The lowest BCUT2D eigenvalue weighted by Crippen LogP contribution is -2.56. The van der Waals surface area contributed by atoms with Gasteiger partial charge in [-0.05, 0) is 37.0 Å². The monoisotopic (exact) mass is 436 g/mol. The zero-order valence-electron chi connectivity index (χ0n) is 16.9. The number of halogens is 2. The van der Waals surface area contributed by atoms with Crippen LogP contribution in [0.3, 0.4) is 0 Å². The minimum absolute atomic E-state index is 0.206. The molecule has 2 atom stereocenters. The van der Waals surface area contributed by atoms with Crippen LogP contribution in [0.5, 0.6) is 0 Å². The van der Waals surface area contributed by atoms with E-state index in [2.05, 4.69) is 28.6 Å². The van der Waals surface area contributed by atoms with Crippen molar-refractivity contribution in [1.29, 1.82) is 0 Å². The Labute approximate surface area is 178 Å². The van der Waals surface area contributed by atoms with Gasteiger partial charge in [0.25, 0.3) is 0 Å². The van der Waals surface area contributed by atoms with Gasteiger partial charge in [-0.2, -0.15) is 0 Å². The van der Waals surface area contributed by atoms with Crippen LogP contribution >= 0.6 is 11.6 Å². The summed E-state index contributed by atoms with van der Waals surface area (Å²) in [5, 5.41) is 0.655. The summed E-state index contributed by atoms with van der Waals surface area (Å²) in [6.45, 7) is 6.67. The lowest BCUT2D eigenvalue weighted by Gasteiger charge is -2.44. The zero-order chi connectivity index (χ0) is 20.7. The molecular formula is C21H26ClFN4OS. The number of rotatable bonds is 5. The Bertz CT molecular complexity index is 937. The van der Waals surface area contributed by atoms with Crippen molar-refractivity contribution < 1.29 is 8.60 Å². The molecule has 156 valence electrons. The normalized spacial score (nSPS) is 21.0. The molecule has 1 saturated carbocycles. The van der Waals surface area contributed by atoms with E-state index in [-0.39, 0.29) is 10.9 Å². The third-order valence-electron chi connectivity index (χ3n) is 5.76. The molecule has 1 aliphatic heterocycles. The van der Waals surface area contributed by atoms with Crippen molar-refractivity contribution in [1.82, 2.24) is 9.97 Å². The van der Waals surface area contributed by atoms with E-state index >= 15 is 0 Å². The van der Waals surface area contributed by atoms with Gasteiger partial charge in [0.05, 0.1) is 38.7 Å². The molecular weight excluding hydrogens is 411 g/mol. The van der Waals surface area contributed by atoms with E-state index in [1.54, 1.807) is 18.3 Å². The van der Waals surface area contributed by atoms with Crippen molar-refractivity contribution in [2.75, 3.05) is 35.7 Å². The highest BCUT2D eigenvalue weighted by molar-refractivity contribution is 7.84. The van der Waals surface area contributed by atoms with Crippen LogP contribution in [0, 0.1) is 11.7 Å². The first-order valence-corrected chi connectivity index (χ1v) is 12.0. The standard InChI is InChI=1S/C21H26ClFN4OS/c1-13(2)18-12-26(15-6-7-17(23)19(10-15)29(3)28)8-9-27(18)21-24-11-16(22)20(25-21)14-4-5-14/h6-7,10-11,13-14,18H,4-5,8-9,12H2,1-3H3. The molecule has 29 heavy (non-hydrogen) atoms. The van der Waals surface area contributed by atoms with E-state index in [1.165, 1.54) is 12.3 Å². The van der Waals surface area contributed by atoms with Crippen LogP contribution in [0.4, 0.5) is 16.0 Å². The summed E-state index contributed by atoms with van der Waals surface area (Å²) in [5.74, 6) is 1.16. The van der Waals surface area contributed by atoms with Crippen molar-refractivity contribution in [3.05, 3.63) is 40.9 Å². The number of hydrogen-bond donors (Lipinski definition) is 0. The molecule has 2 aromatic rings. The van der Waals surface area contributed by atoms with Gasteiger partial charge in [-0.1, -0.05) is 25.4 Å². The predicted octanol–water partition coefficient (Wildman–Crippen LogP) is 4.24. The Kier molecular flexibility index (Phi) is 5.80. The molecule has 0 N–H and O–H groups in total. The topological polar surface area (TPSA) is 49.3 Å². The van der Waals surface area contributed by atoms with Gasteiger partial charge in [-0.25, -0.2) is 14.4 Å². The van der Waals surface area contributed by atoms with Crippen molar-refractivity contribution in [2.45, 2.75) is 43.5 Å². The lowest BCUT2D eigenvalue weighted by molar-refractivity contribution is 0.413. The first kappa shape index (κ1) is 20.5. The van der Waals surface area contributed by atoms with Crippen molar-refractivity contribution >= 4 is 34.0 Å². The van der Waals surface area contributed by atoms with Gasteiger partial charge in [0.2, 0.25) is 5.95 Å². The van der Waals surface area contributed by atoms with Gasteiger partial charge in [0.15, 0.2) is 0 Å². The second kappa shape index (κ2) is 8.19. The third kappa shape index (κ3) is 4.26. The summed E-state index contributed by atoms with van der Waals surface area (Å²) < 4.78 is 25.8. The number of hydrogen-bond acceptors (Lipinski definition) is 5. The molecule has 2 aliphatic rings. The molecule has 0 amide bonds. The molecule has 0 bridgehead atoms. The molecule has 4 rings (SSSR count). The fourth-order valence-electron chi connectivity index (χ4n) is 3.92. The number of anilines is 2. The molecule has 5 nitrogen and oxygen atoms in total. The average molecular weight is 437 g/mol. The molecule has 0 radical (unpaired) electrons. The van der Waals surface area contributed by atoms with E-state index in [0.717, 1.165) is 49.8 Å². The van der Waals surface area contributed by atoms with Gasteiger partial charge in [0.1, 0.15) is 5.82 Å². The van der Waals surface area contributed by atoms with Crippen molar-refractivity contribution in [3.63, 3.8) is 0 Å². The van der Waals surface area contributed by atoms with E-state index in [9.17, 15) is 8.60 Å². The van der Waals surface area contributed by atoms with Crippen molar-refractivity contribution in [3.8, 4) is 0 Å². The highest BCUT2D eigenvalue weighted by Crippen LogP contribution is 2.42. The number of benzene rings is 1. The van der Waals surface area contributed by atoms with Crippen LogP contribution in [0.1, 0.15) is 38.3 Å². The SMILES string of the molecule is CC(C)C1CN(c2ccc(F)c(S(C)=O)c2)CCN1c1ncc(Cl)c(C2CC2)n1. The van der Waals surface area contributed by atoms with E-state index in [4.69, 9.17) is 16.6 Å². The summed E-state index contributed by atoms with van der Waals surface area (Å²) in [5.41, 5.74) is 1.87. The first-order chi connectivity index (χ1) is 13.8. The van der Waals surface area contributed by atoms with E-state index < -0.39 is 16.6 Å². The molecule has 1 aliphatic carbocycles. The molecule has 2 heterocycles. The van der Waals surface area contributed by atoms with Crippen LogP contribution in [-0.4, -0.2) is 46.1 Å². The van der Waals surface area contributed by atoms with Gasteiger partial charge in [0, 0.05) is 37.5 Å². The summed E-state index contributed by atoms with van der Waals surface area (Å²) >= 11 is 6.32. The second-order valence-electron chi connectivity index (χ2n) is 8.20. The van der Waals surface area contributed by atoms with Crippen LogP contribution in [-0.2, 0) is 10.8 Å². The Morgan fingerprint density at radius 2 is 2.03 bits per heavy atom. The Morgan fingerprint density at radius 3 is 2.69 bits per heavy atom. The fraction of sp³-hybridized carbons (Fsp3) is 0.524. The fourth-order valence-corrected chi connectivity index (χ4v) is 4.80. The molecule has 1 aromatic heterocycles. The van der Waals surface area contributed by atoms with Gasteiger partial charge in [-0.3, -0.25) is 4.21 Å². The second-order valence-corrected chi connectivity index (χ2v) is 9.95. The quantitative estimate of drug-likeness (QED) is 0.701. The average Bonchev–Trinajstić information content (AvgIpc) is 3.53. The number of nitrogens with zero attached hydrogens (tertiary/aromatic N) is 4. The van der Waals surface area contributed by atoms with Crippen LogP contribution in [0.15, 0.2) is 29.3 Å². The highest BCUT2D eigenvalue weighted by Gasteiger charge is 2.33. The van der Waals surface area contributed by atoms with Crippen LogP contribution in [0.2, 0.25) is 5.02 Å². The predicted molar refractivity (Wildman–Crippen MR) is 116 cm³/mol. The zero-order valence-corrected chi connectivity index (χ0v) is 18.5. The van der Waals surface area contributed by atoms with Gasteiger partial charge < -0.3 is 9.80 Å². The molecule has 8 heteroatoms. The molecule has 1 saturated heterocycles. The number of piperazine rings is 1. The van der Waals surface area contributed by atoms with E-state index in [0.29, 0.717) is 16.9 Å². The molecule has 2 unspecified atom stereocenters. The third-order valence-corrected chi connectivity index (χ3v) is 6.98. The van der Waals surface area contributed by atoms with Crippen LogP contribution in [0.25, 0.3) is 0 Å². The minimum Gasteiger partial charge on any atom is -0.368 e. The Hall–Kier alpha value is -1.73. The summed E-state index contributed by atoms with van der Waals surface area (Å²) in [6, 6.07) is 5.09. The minimum atomic E-state index is -1.36. The van der Waals surface area contributed by atoms with Gasteiger partial charge >= 0.3 is 0 Å². The maximum atomic E-state index is 14.0. The summed E-state index contributed by atoms with van der Waals surface area (Å²) in [6.07, 6.45) is 5.52. The van der Waals surface area contributed by atoms with E-state index in [1.807, 2.05) is 0 Å². The maximum absolute atomic E-state index is 14.0.